The molecule has 1 aromatic heterocycles. The second-order valence-corrected chi connectivity index (χ2v) is 15.6. The summed E-state index contributed by atoms with van der Waals surface area (Å²) in [5.74, 6) is 1.17. The minimum atomic E-state index is 0.0415. The minimum absolute atomic E-state index is 0.0415. The first-order chi connectivity index (χ1) is 29.2. The van der Waals surface area contributed by atoms with Crippen molar-refractivity contribution in [1.82, 2.24) is 0 Å². The van der Waals surface area contributed by atoms with Gasteiger partial charge >= 0.3 is 0 Å². The molecule has 1 aliphatic carbocycles. The van der Waals surface area contributed by atoms with Crippen molar-refractivity contribution in [3.8, 4) is 39.1 Å². The lowest BCUT2D eigenvalue weighted by Crippen LogP contribution is -2.15. The Morgan fingerprint density at radius 3 is 2.05 bits per heavy atom. The lowest BCUT2D eigenvalue weighted by atomic mass is 9.90. The number of para-hydroxylation sites is 2. The van der Waals surface area contributed by atoms with Gasteiger partial charge in [-0.2, -0.15) is 0 Å². The molecule has 0 amide bonds. The number of hydrogen-bond donors (Lipinski definition) is 0. The van der Waals surface area contributed by atoms with Crippen molar-refractivity contribution in [2.45, 2.75) is 12.0 Å². The molecule has 9 aromatic carbocycles. The Bertz CT molecular complexity index is 3340. The zero-order valence-electron chi connectivity index (χ0n) is 32.1. The van der Waals surface area contributed by atoms with Gasteiger partial charge in [0.1, 0.15) is 17.4 Å². The monoisotopic (exact) mass is 755 g/mol. The average Bonchev–Trinajstić information content (AvgIpc) is 3.88. The van der Waals surface area contributed by atoms with Gasteiger partial charge < -0.3 is 14.1 Å². The first kappa shape index (κ1) is 33.5. The number of ether oxygens (including phenoxy) is 1. The van der Waals surface area contributed by atoms with Gasteiger partial charge in [-0.25, -0.2) is 0 Å². The predicted octanol–water partition coefficient (Wildman–Crippen LogP) is 15.3. The minimum Gasteiger partial charge on any atom is -0.485 e. The molecule has 12 rings (SSSR count). The summed E-state index contributed by atoms with van der Waals surface area (Å²) in [5, 5.41) is 7.13. The Hall–Kier alpha value is -7.62. The van der Waals surface area contributed by atoms with Gasteiger partial charge in [-0.15, -0.1) is 0 Å². The highest BCUT2D eigenvalue weighted by molar-refractivity contribution is 6.15. The van der Waals surface area contributed by atoms with Crippen LogP contribution < -0.4 is 9.64 Å². The van der Waals surface area contributed by atoms with E-state index in [4.69, 9.17) is 9.15 Å². The molecule has 2 heterocycles. The van der Waals surface area contributed by atoms with E-state index in [2.05, 4.69) is 211 Å². The van der Waals surface area contributed by atoms with Crippen LogP contribution in [0.25, 0.3) is 76.9 Å². The number of furan rings is 1. The number of anilines is 3. The molecule has 0 radical (unpaired) electrons. The normalized spacial score (nSPS) is 15.5. The van der Waals surface area contributed by atoms with Gasteiger partial charge in [-0.05, 0) is 104 Å². The molecular formula is C56H37NO2. The maximum Gasteiger partial charge on any atom is 0.159 e. The lowest BCUT2D eigenvalue weighted by molar-refractivity contribution is 0.269. The van der Waals surface area contributed by atoms with Gasteiger partial charge in [-0.1, -0.05) is 158 Å². The highest BCUT2D eigenvalue weighted by atomic mass is 16.5. The molecule has 3 nitrogen and oxygen atoms in total. The van der Waals surface area contributed by atoms with Crippen molar-refractivity contribution in [3.63, 3.8) is 0 Å². The van der Waals surface area contributed by atoms with Crippen molar-refractivity contribution in [2.75, 3.05) is 4.90 Å². The van der Waals surface area contributed by atoms with Crippen LogP contribution in [-0.2, 0) is 0 Å². The molecule has 2 aliphatic rings. The molecular weight excluding hydrogens is 719 g/mol. The topological polar surface area (TPSA) is 25.6 Å². The summed E-state index contributed by atoms with van der Waals surface area (Å²) >= 11 is 0. The van der Waals surface area contributed by atoms with Crippen LogP contribution >= 0.6 is 0 Å². The zero-order chi connectivity index (χ0) is 38.9. The van der Waals surface area contributed by atoms with E-state index in [0.29, 0.717) is 0 Å². The van der Waals surface area contributed by atoms with Crippen LogP contribution in [0.5, 0.6) is 5.75 Å². The molecule has 10 aromatic rings. The van der Waals surface area contributed by atoms with Gasteiger partial charge in [-0.3, -0.25) is 0 Å². The van der Waals surface area contributed by atoms with Crippen molar-refractivity contribution in [1.29, 1.82) is 0 Å². The molecule has 2 unspecified atom stereocenters. The van der Waals surface area contributed by atoms with E-state index in [1.54, 1.807) is 0 Å². The van der Waals surface area contributed by atoms with E-state index in [9.17, 15) is 0 Å². The first-order valence-electron chi connectivity index (χ1n) is 20.3. The van der Waals surface area contributed by atoms with Crippen LogP contribution in [0.4, 0.5) is 17.1 Å². The van der Waals surface area contributed by atoms with E-state index in [-0.39, 0.29) is 12.0 Å². The van der Waals surface area contributed by atoms with Gasteiger partial charge in [0, 0.05) is 33.5 Å². The molecule has 278 valence electrons. The fraction of sp³-hybridized carbons (Fsp3) is 0.0357. The lowest BCUT2D eigenvalue weighted by Gasteiger charge is -2.29. The van der Waals surface area contributed by atoms with Crippen LogP contribution in [0.15, 0.2) is 217 Å². The SMILES string of the molecule is C1=CC2Oc3ccc(-c4cccc(N(c5cc(-c6cc7ccccc7c7ccccc67)ccc5-c5ccccc5)c5cccc6c5oc5ccccc56)c4)cc3C2C=C1. The average molecular weight is 756 g/mol. The number of nitrogens with zero attached hydrogens (tertiary/aromatic N) is 1. The van der Waals surface area contributed by atoms with E-state index in [1.165, 1.54) is 32.7 Å². The smallest absolute Gasteiger partial charge is 0.159 e. The maximum absolute atomic E-state index is 6.82. The van der Waals surface area contributed by atoms with Crippen molar-refractivity contribution in [2.24, 2.45) is 0 Å². The third-order valence-corrected chi connectivity index (χ3v) is 12.2. The summed E-state index contributed by atoms with van der Waals surface area (Å²) < 4.78 is 13.2. The molecule has 1 aliphatic heterocycles. The van der Waals surface area contributed by atoms with Crippen molar-refractivity contribution < 1.29 is 9.15 Å². The van der Waals surface area contributed by atoms with Crippen LogP contribution in [0.2, 0.25) is 0 Å². The van der Waals surface area contributed by atoms with Crippen LogP contribution in [0.1, 0.15) is 11.5 Å². The second-order valence-electron chi connectivity index (χ2n) is 15.6. The number of rotatable bonds is 6. The molecule has 0 bridgehead atoms. The standard InChI is InChI=1S/C56H37NO2/c1-2-14-36(15-3-1)43-30-28-40(49-34-39-16-4-5-19-42(39)44-20-6-7-21-45(44)49)35-52(43)57(51-25-13-24-48-46-22-8-11-27-54(46)59-56(48)51)41-18-12-17-37(32-41)38-29-31-55-50(33-38)47-23-9-10-26-53(47)58-55/h1-35,47,53H. The molecule has 0 N–H and O–H groups in total. The van der Waals surface area contributed by atoms with E-state index < -0.39 is 0 Å². The zero-order valence-corrected chi connectivity index (χ0v) is 32.1. The highest BCUT2D eigenvalue weighted by Gasteiger charge is 2.32. The second kappa shape index (κ2) is 13.5. The summed E-state index contributed by atoms with van der Waals surface area (Å²) in [6, 6.07) is 67.9. The first-order valence-corrected chi connectivity index (χ1v) is 20.3. The molecule has 0 fully saturated rings. The largest absolute Gasteiger partial charge is 0.485 e. The summed E-state index contributed by atoms with van der Waals surface area (Å²) in [6.45, 7) is 0. The highest BCUT2D eigenvalue weighted by Crippen LogP contribution is 2.49. The van der Waals surface area contributed by atoms with Gasteiger partial charge in [0.15, 0.2) is 5.58 Å². The van der Waals surface area contributed by atoms with E-state index in [0.717, 1.165) is 72.6 Å². The summed E-state index contributed by atoms with van der Waals surface area (Å²) in [5.41, 5.74) is 12.9. The maximum atomic E-state index is 6.82. The van der Waals surface area contributed by atoms with Crippen LogP contribution in [0, 0.1) is 0 Å². The fourth-order valence-corrected chi connectivity index (χ4v) is 9.40. The molecule has 0 saturated heterocycles. The van der Waals surface area contributed by atoms with Crippen molar-refractivity contribution in [3.05, 3.63) is 218 Å². The summed E-state index contributed by atoms with van der Waals surface area (Å²) in [6.07, 6.45) is 8.65. The van der Waals surface area contributed by atoms with Gasteiger partial charge in [0.05, 0.1) is 11.4 Å². The van der Waals surface area contributed by atoms with Crippen LogP contribution in [-0.4, -0.2) is 6.10 Å². The van der Waals surface area contributed by atoms with Gasteiger partial charge in [0.2, 0.25) is 0 Å². The summed E-state index contributed by atoms with van der Waals surface area (Å²) in [4.78, 5) is 2.41. The third kappa shape index (κ3) is 5.50. The third-order valence-electron chi connectivity index (χ3n) is 12.2. The number of benzene rings is 9. The Kier molecular flexibility index (Phi) is 7.67. The molecule has 0 saturated carbocycles. The molecule has 3 heteroatoms. The predicted molar refractivity (Wildman–Crippen MR) is 245 cm³/mol. The summed E-state index contributed by atoms with van der Waals surface area (Å²) in [7, 11) is 0. The van der Waals surface area contributed by atoms with Crippen LogP contribution in [0.3, 0.4) is 0 Å². The number of allylic oxidation sites excluding steroid dienone is 2. The Labute approximate surface area is 342 Å². The van der Waals surface area contributed by atoms with Gasteiger partial charge in [0.25, 0.3) is 0 Å². The number of fused-ring (bicyclic) bond motifs is 9. The van der Waals surface area contributed by atoms with E-state index in [1.807, 2.05) is 6.07 Å². The Balaban J connectivity index is 1.12. The Morgan fingerprint density at radius 2 is 1.14 bits per heavy atom. The fourth-order valence-electron chi connectivity index (χ4n) is 9.40. The number of hydrogen-bond acceptors (Lipinski definition) is 3. The molecule has 2 atom stereocenters. The van der Waals surface area contributed by atoms with Crippen molar-refractivity contribution >= 4 is 60.5 Å². The molecule has 0 spiro atoms. The quantitative estimate of drug-likeness (QED) is 0.158. The Morgan fingerprint density at radius 1 is 0.424 bits per heavy atom. The van der Waals surface area contributed by atoms with E-state index >= 15 is 0 Å². The molecule has 59 heavy (non-hydrogen) atoms.